The Morgan fingerprint density at radius 1 is 1.37 bits per heavy atom. The van der Waals surface area contributed by atoms with Crippen molar-refractivity contribution in [3.8, 4) is 5.75 Å². The normalized spacial score (nSPS) is 25.6. The van der Waals surface area contributed by atoms with E-state index in [9.17, 15) is 31.9 Å². The number of nitrogens with one attached hydrogen (secondary N) is 2. The summed E-state index contributed by atoms with van der Waals surface area (Å²) in [5, 5.41) is 13.7. The lowest BCUT2D eigenvalue weighted by molar-refractivity contribution is -0.292. The van der Waals surface area contributed by atoms with Crippen molar-refractivity contribution in [1.82, 2.24) is 10.6 Å². The van der Waals surface area contributed by atoms with Crippen LogP contribution in [0.2, 0.25) is 0 Å². The second-order valence-corrected chi connectivity index (χ2v) is 5.89. The summed E-state index contributed by atoms with van der Waals surface area (Å²) in [7, 11) is 0. The molecule has 0 saturated carbocycles. The number of benzene rings is 1. The van der Waals surface area contributed by atoms with Crippen LogP contribution in [0, 0.1) is 5.92 Å². The fourth-order valence-corrected chi connectivity index (χ4v) is 3.02. The van der Waals surface area contributed by atoms with E-state index in [0.29, 0.717) is 0 Å². The average molecular weight is 414 g/mol. The molecule has 2 rings (SSSR count). The molecular formula is C15H15F5N2O4S. The fourth-order valence-electron chi connectivity index (χ4n) is 2.74. The van der Waals surface area contributed by atoms with Gasteiger partial charge < -0.3 is 25.2 Å². The summed E-state index contributed by atoms with van der Waals surface area (Å²) in [5.74, 6) is -4.18. The molecule has 1 aromatic carbocycles. The monoisotopic (exact) mass is 414 g/mol. The van der Waals surface area contributed by atoms with Crippen molar-refractivity contribution in [2.75, 3.05) is 6.61 Å². The lowest BCUT2D eigenvalue weighted by Crippen LogP contribution is -2.73. The highest BCUT2D eigenvalue weighted by Crippen LogP contribution is 2.44. The SMILES string of the molecule is CCOC(=O)[C@@H]1[C@H](c2ccccc2OC(F)F)NC(=S)N[C@@]1(O)C(F)(F)F. The first-order chi connectivity index (χ1) is 12.5. The van der Waals surface area contributed by atoms with Gasteiger partial charge in [0, 0.05) is 5.56 Å². The largest absolute Gasteiger partial charge is 0.466 e. The third-order valence-corrected chi connectivity index (χ3v) is 4.04. The quantitative estimate of drug-likeness (QED) is 0.387. The first kappa shape index (κ1) is 21.1. The number of carbonyl (C=O) groups is 1. The van der Waals surface area contributed by atoms with Gasteiger partial charge in [-0.15, -0.1) is 0 Å². The maximum atomic E-state index is 13.6. The number of rotatable bonds is 5. The standard InChI is InChI=1S/C15H15F5N2O4S/c1-2-25-11(23)9-10(7-5-3-4-6-8(7)26-12(16)17)21-13(27)22-14(9,24)15(18,19)20/h3-6,9-10,12,24H,2H2,1H3,(H2,21,22,27)/t9-,10-,14-/m0/s1. The Morgan fingerprint density at radius 2 is 2.00 bits per heavy atom. The summed E-state index contributed by atoms with van der Waals surface area (Å²) in [6.07, 6.45) is -5.34. The van der Waals surface area contributed by atoms with Gasteiger partial charge in [0.05, 0.1) is 12.6 Å². The van der Waals surface area contributed by atoms with Gasteiger partial charge in [-0.1, -0.05) is 18.2 Å². The van der Waals surface area contributed by atoms with Gasteiger partial charge in [-0.05, 0) is 25.2 Å². The fraction of sp³-hybridized carbons (Fsp3) is 0.467. The van der Waals surface area contributed by atoms with Crippen molar-refractivity contribution in [2.45, 2.75) is 31.5 Å². The van der Waals surface area contributed by atoms with E-state index < -0.39 is 47.3 Å². The van der Waals surface area contributed by atoms with Gasteiger partial charge in [0.15, 0.2) is 5.11 Å². The van der Waals surface area contributed by atoms with Crippen LogP contribution in [0.5, 0.6) is 5.75 Å². The first-order valence-electron chi connectivity index (χ1n) is 7.59. The van der Waals surface area contributed by atoms with E-state index in [1.807, 2.05) is 0 Å². The van der Waals surface area contributed by atoms with Gasteiger partial charge in [-0.3, -0.25) is 4.79 Å². The molecule has 1 heterocycles. The number of aliphatic hydroxyl groups is 1. The molecular weight excluding hydrogens is 399 g/mol. The van der Waals surface area contributed by atoms with Crippen LogP contribution in [0.3, 0.4) is 0 Å². The van der Waals surface area contributed by atoms with Crippen LogP contribution in [0.15, 0.2) is 24.3 Å². The van der Waals surface area contributed by atoms with Crippen LogP contribution in [-0.4, -0.2) is 41.3 Å². The van der Waals surface area contributed by atoms with Crippen molar-refractivity contribution < 1.29 is 41.3 Å². The van der Waals surface area contributed by atoms with Crippen molar-refractivity contribution in [3.05, 3.63) is 29.8 Å². The summed E-state index contributed by atoms with van der Waals surface area (Å²) < 4.78 is 75.1. The van der Waals surface area contributed by atoms with E-state index in [-0.39, 0.29) is 12.2 Å². The lowest BCUT2D eigenvalue weighted by atomic mass is 9.81. The number of hydrogen-bond donors (Lipinski definition) is 3. The summed E-state index contributed by atoms with van der Waals surface area (Å²) in [6, 6.07) is 3.26. The highest BCUT2D eigenvalue weighted by molar-refractivity contribution is 7.80. The zero-order chi connectivity index (χ0) is 20.4. The Hall–Kier alpha value is -2.21. The number of halogens is 5. The summed E-state index contributed by atoms with van der Waals surface area (Å²) in [5.41, 5.74) is -4.02. The molecule has 0 spiro atoms. The number of ether oxygens (including phenoxy) is 2. The van der Waals surface area contributed by atoms with E-state index in [4.69, 9.17) is 12.2 Å². The second kappa shape index (κ2) is 7.80. The molecule has 1 aliphatic heterocycles. The van der Waals surface area contributed by atoms with Gasteiger partial charge in [0.2, 0.25) is 0 Å². The molecule has 6 nitrogen and oxygen atoms in total. The van der Waals surface area contributed by atoms with Crippen molar-refractivity contribution in [3.63, 3.8) is 0 Å². The van der Waals surface area contributed by atoms with Gasteiger partial charge in [0.1, 0.15) is 11.7 Å². The van der Waals surface area contributed by atoms with Gasteiger partial charge in [-0.2, -0.15) is 22.0 Å². The Morgan fingerprint density at radius 3 is 2.56 bits per heavy atom. The first-order valence-corrected chi connectivity index (χ1v) is 8.00. The van der Waals surface area contributed by atoms with Crippen molar-refractivity contribution in [2.24, 2.45) is 5.92 Å². The van der Waals surface area contributed by atoms with Crippen LogP contribution < -0.4 is 15.4 Å². The molecule has 0 aromatic heterocycles. The molecule has 1 aromatic rings. The third-order valence-electron chi connectivity index (χ3n) is 3.82. The van der Waals surface area contributed by atoms with Crippen LogP contribution in [0.25, 0.3) is 0 Å². The third kappa shape index (κ3) is 4.21. The molecule has 0 bridgehead atoms. The smallest absolute Gasteiger partial charge is 0.437 e. The molecule has 0 amide bonds. The molecule has 3 N–H and O–H groups in total. The molecule has 12 heteroatoms. The van der Waals surface area contributed by atoms with Crippen molar-refractivity contribution >= 4 is 23.3 Å². The molecule has 3 atom stereocenters. The molecule has 0 aliphatic carbocycles. The molecule has 150 valence electrons. The van der Waals surface area contributed by atoms with Gasteiger partial charge in [-0.25, -0.2) is 0 Å². The van der Waals surface area contributed by atoms with E-state index in [1.54, 1.807) is 5.32 Å². The predicted molar refractivity (Wildman–Crippen MR) is 85.8 cm³/mol. The molecule has 0 radical (unpaired) electrons. The maximum absolute atomic E-state index is 13.6. The summed E-state index contributed by atoms with van der Waals surface area (Å²) in [4.78, 5) is 12.3. The van der Waals surface area contributed by atoms with Crippen LogP contribution in [-0.2, 0) is 9.53 Å². The molecule has 27 heavy (non-hydrogen) atoms. The summed E-state index contributed by atoms with van der Waals surface area (Å²) in [6.45, 7) is -2.17. The minimum atomic E-state index is -5.34. The number of thiocarbonyl (C=S) groups is 1. The Bertz CT molecular complexity index is 718. The van der Waals surface area contributed by atoms with Crippen LogP contribution >= 0.6 is 12.2 Å². The van der Waals surface area contributed by atoms with E-state index in [1.165, 1.54) is 25.1 Å². The number of alkyl halides is 5. The average Bonchev–Trinajstić information content (AvgIpc) is 2.53. The van der Waals surface area contributed by atoms with Gasteiger partial charge >= 0.3 is 18.8 Å². The highest BCUT2D eigenvalue weighted by atomic mass is 32.1. The molecule has 0 unspecified atom stereocenters. The number of para-hydroxylation sites is 1. The van der Waals surface area contributed by atoms with E-state index in [2.05, 4.69) is 14.8 Å². The van der Waals surface area contributed by atoms with Crippen LogP contribution in [0.1, 0.15) is 18.5 Å². The minimum absolute atomic E-state index is 0.234. The van der Waals surface area contributed by atoms with E-state index in [0.717, 1.165) is 6.07 Å². The van der Waals surface area contributed by atoms with E-state index >= 15 is 0 Å². The maximum Gasteiger partial charge on any atom is 0.437 e. The topological polar surface area (TPSA) is 79.8 Å². The summed E-state index contributed by atoms with van der Waals surface area (Å²) >= 11 is 4.71. The molecule has 1 aliphatic rings. The number of hydrogen-bond acceptors (Lipinski definition) is 5. The zero-order valence-electron chi connectivity index (χ0n) is 13.7. The second-order valence-electron chi connectivity index (χ2n) is 5.49. The molecule has 1 saturated heterocycles. The molecule has 1 fully saturated rings. The highest BCUT2D eigenvalue weighted by Gasteiger charge is 2.66. The number of esters is 1. The van der Waals surface area contributed by atoms with Gasteiger partial charge in [0.25, 0.3) is 5.72 Å². The Labute approximate surface area is 155 Å². The van der Waals surface area contributed by atoms with Crippen LogP contribution in [0.4, 0.5) is 22.0 Å². The minimum Gasteiger partial charge on any atom is -0.466 e. The predicted octanol–water partition coefficient (Wildman–Crippen LogP) is 2.24. The Kier molecular flexibility index (Phi) is 6.10. The lowest BCUT2D eigenvalue weighted by Gasteiger charge is -2.45. The van der Waals surface area contributed by atoms with Crippen molar-refractivity contribution in [1.29, 1.82) is 0 Å². The Balaban J connectivity index is 2.61. The number of carbonyl (C=O) groups excluding carboxylic acids is 1. The zero-order valence-corrected chi connectivity index (χ0v) is 14.5.